The van der Waals surface area contributed by atoms with E-state index in [0.29, 0.717) is 5.92 Å². The van der Waals surface area contributed by atoms with Gasteiger partial charge in [0, 0.05) is 0 Å². The van der Waals surface area contributed by atoms with E-state index in [4.69, 9.17) is 0 Å². The summed E-state index contributed by atoms with van der Waals surface area (Å²) in [5, 5.41) is 19.8. The second-order valence-corrected chi connectivity index (χ2v) is 6.88. The van der Waals surface area contributed by atoms with Crippen molar-refractivity contribution in [2.75, 3.05) is 0 Å². The minimum absolute atomic E-state index is 0.226. The predicted octanol–water partition coefficient (Wildman–Crippen LogP) is 4.14. The van der Waals surface area contributed by atoms with Gasteiger partial charge in [-0.15, -0.1) is 0 Å². The summed E-state index contributed by atoms with van der Waals surface area (Å²) in [4.78, 5) is 0. The molecule has 3 atom stereocenters. The fourth-order valence-corrected chi connectivity index (χ4v) is 2.04. The van der Waals surface area contributed by atoms with Crippen molar-refractivity contribution in [3.63, 3.8) is 0 Å². The molecule has 2 N–H and O–H groups in total. The van der Waals surface area contributed by atoms with Crippen LogP contribution in [0.2, 0.25) is 0 Å². The van der Waals surface area contributed by atoms with Crippen molar-refractivity contribution < 1.29 is 10.2 Å². The van der Waals surface area contributed by atoms with E-state index in [2.05, 4.69) is 34.6 Å². The van der Waals surface area contributed by atoms with E-state index in [-0.39, 0.29) is 17.6 Å². The predicted molar refractivity (Wildman–Crippen MR) is 78.6 cm³/mol. The first-order valence-electron chi connectivity index (χ1n) is 7.63. The lowest BCUT2D eigenvalue weighted by atomic mass is 9.78. The molecule has 2 nitrogen and oxygen atoms in total. The molecule has 0 aromatic rings. The Bertz CT molecular complexity index is 196. The molecule has 0 saturated carbocycles. The molecule has 0 amide bonds. The Morgan fingerprint density at radius 3 is 1.94 bits per heavy atom. The van der Waals surface area contributed by atoms with Crippen LogP contribution in [0, 0.1) is 11.3 Å². The number of aliphatic hydroxyl groups excluding tert-OH is 2. The van der Waals surface area contributed by atoms with Gasteiger partial charge < -0.3 is 10.2 Å². The Balaban J connectivity index is 3.72. The van der Waals surface area contributed by atoms with Crippen LogP contribution in [0.15, 0.2) is 0 Å². The molecule has 0 saturated heterocycles. The average Bonchev–Trinajstić information content (AvgIpc) is 2.25. The van der Waals surface area contributed by atoms with E-state index in [1.807, 2.05) is 0 Å². The van der Waals surface area contributed by atoms with Crippen LogP contribution in [0.4, 0.5) is 0 Å². The van der Waals surface area contributed by atoms with Crippen LogP contribution in [0.5, 0.6) is 0 Å². The molecular formula is C16H34O2. The number of hydrogen-bond donors (Lipinski definition) is 2. The summed E-state index contributed by atoms with van der Waals surface area (Å²) in [6, 6.07) is 0. The minimum Gasteiger partial charge on any atom is -0.393 e. The number of aliphatic hydroxyl groups is 2. The Morgan fingerprint density at radius 2 is 1.44 bits per heavy atom. The van der Waals surface area contributed by atoms with Crippen LogP contribution in [0.1, 0.15) is 79.6 Å². The number of rotatable bonds is 9. The molecule has 0 aliphatic heterocycles. The highest BCUT2D eigenvalue weighted by Gasteiger charge is 2.22. The van der Waals surface area contributed by atoms with Crippen molar-refractivity contribution >= 4 is 0 Å². The molecule has 18 heavy (non-hydrogen) atoms. The Labute approximate surface area is 114 Å². The van der Waals surface area contributed by atoms with Gasteiger partial charge in [0.05, 0.1) is 12.2 Å². The molecule has 0 aliphatic rings. The summed E-state index contributed by atoms with van der Waals surface area (Å²) >= 11 is 0. The van der Waals surface area contributed by atoms with Gasteiger partial charge in [0.15, 0.2) is 0 Å². The Kier molecular flexibility index (Phi) is 8.89. The summed E-state index contributed by atoms with van der Waals surface area (Å²) in [7, 11) is 0. The van der Waals surface area contributed by atoms with Gasteiger partial charge in [-0.05, 0) is 37.0 Å². The summed E-state index contributed by atoms with van der Waals surface area (Å²) in [6.07, 6.45) is 6.19. The van der Waals surface area contributed by atoms with E-state index in [1.165, 1.54) is 12.8 Å². The Morgan fingerprint density at radius 1 is 0.889 bits per heavy atom. The molecule has 0 aliphatic carbocycles. The van der Waals surface area contributed by atoms with Gasteiger partial charge in [-0.3, -0.25) is 0 Å². The quantitative estimate of drug-likeness (QED) is 0.610. The first-order chi connectivity index (χ1) is 8.27. The Hall–Kier alpha value is -0.0800. The molecule has 0 aromatic carbocycles. The SMILES string of the molecule is CCCCCC(O)CCC(O)CC(C)C(C)(C)C. The van der Waals surface area contributed by atoms with Crippen LogP contribution in [-0.2, 0) is 0 Å². The van der Waals surface area contributed by atoms with Gasteiger partial charge in [0.25, 0.3) is 0 Å². The lowest BCUT2D eigenvalue weighted by Crippen LogP contribution is -2.23. The molecule has 0 fully saturated rings. The third-order valence-corrected chi connectivity index (χ3v) is 4.08. The topological polar surface area (TPSA) is 40.5 Å². The van der Waals surface area contributed by atoms with E-state index in [1.54, 1.807) is 0 Å². The van der Waals surface area contributed by atoms with Crippen LogP contribution in [-0.4, -0.2) is 22.4 Å². The zero-order chi connectivity index (χ0) is 14.2. The summed E-state index contributed by atoms with van der Waals surface area (Å²) in [6.45, 7) is 11.0. The van der Waals surface area contributed by atoms with Gasteiger partial charge in [-0.2, -0.15) is 0 Å². The van der Waals surface area contributed by atoms with Gasteiger partial charge in [0.1, 0.15) is 0 Å². The standard InChI is InChI=1S/C16H34O2/c1-6-7-8-9-14(17)10-11-15(18)12-13(2)16(3,4)5/h13-15,17-18H,6-12H2,1-5H3. The maximum atomic E-state index is 9.99. The van der Waals surface area contributed by atoms with Crippen LogP contribution < -0.4 is 0 Å². The highest BCUT2D eigenvalue weighted by atomic mass is 16.3. The molecule has 0 rings (SSSR count). The van der Waals surface area contributed by atoms with Crippen molar-refractivity contribution in [1.29, 1.82) is 0 Å². The van der Waals surface area contributed by atoms with Crippen molar-refractivity contribution in [1.82, 2.24) is 0 Å². The zero-order valence-corrected chi connectivity index (χ0v) is 13.1. The molecule has 2 heteroatoms. The highest BCUT2D eigenvalue weighted by Crippen LogP contribution is 2.30. The lowest BCUT2D eigenvalue weighted by Gasteiger charge is -2.29. The second kappa shape index (κ2) is 8.92. The maximum Gasteiger partial charge on any atom is 0.0544 e. The largest absolute Gasteiger partial charge is 0.393 e. The zero-order valence-electron chi connectivity index (χ0n) is 13.1. The van der Waals surface area contributed by atoms with Crippen molar-refractivity contribution in [2.24, 2.45) is 11.3 Å². The van der Waals surface area contributed by atoms with Crippen LogP contribution in [0.3, 0.4) is 0 Å². The fourth-order valence-electron chi connectivity index (χ4n) is 2.04. The molecular weight excluding hydrogens is 224 g/mol. The van der Waals surface area contributed by atoms with Gasteiger partial charge in [-0.25, -0.2) is 0 Å². The summed E-state index contributed by atoms with van der Waals surface area (Å²) < 4.78 is 0. The number of unbranched alkanes of at least 4 members (excludes halogenated alkanes) is 2. The molecule has 110 valence electrons. The first kappa shape index (κ1) is 17.9. The third-order valence-electron chi connectivity index (χ3n) is 4.08. The molecule has 0 radical (unpaired) electrons. The molecule has 3 unspecified atom stereocenters. The van der Waals surface area contributed by atoms with Crippen molar-refractivity contribution in [2.45, 2.75) is 91.8 Å². The van der Waals surface area contributed by atoms with E-state index in [0.717, 1.165) is 32.1 Å². The van der Waals surface area contributed by atoms with Crippen molar-refractivity contribution in [3.05, 3.63) is 0 Å². The van der Waals surface area contributed by atoms with Gasteiger partial charge in [0.2, 0.25) is 0 Å². The fraction of sp³-hybridized carbons (Fsp3) is 1.00. The monoisotopic (exact) mass is 258 g/mol. The van der Waals surface area contributed by atoms with Gasteiger partial charge >= 0.3 is 0 Å². The summed E-state index contributed by atoms with van der Waals surface area (Å²) in [5.74, 6) is 0.504. The van der Waals surface area contributed by atoms with E-state index >= 15 is 0 Å². The molecule has 0 bridgehead atoms. The van der Waals surface area contributed by atoms with Crippen LogP contribution in [0.25, 0.3) is 0 Å². The summed E-state index contributed by atoms with van der Waals surface area (Å²) in [5.41, 5.74) is 0.251. The molecule has 0 aromatic heterocycles. The molecule has 0 spiro atoms. The number of hydrogen-bond acceptors (Lipinski definition) is 2. The third kappa shape index (κ3) is 8.93. The minimum atomic E-state index is -0.264. The highest BCUT2D eigenvalue weighted by molar-refractivity contribution is 4.73. The van der Waals surface area contributed by atoms with E-state index in [9.17, 15) is 10.2 Å². The normalized spacial score (nSPS) is 17.5. The lowest BCUT2D eigenvalue weighted by molar-refractivity contribution is 0.0773. The van der Waals surface area contributed by atoms with Crippen molar-refractivity contribution in [3.8, 4) is 0 Å². The second-order valence-electron chi connectivity index (χ2n) is 6.88. The molecule has 0 heterocycles. The van der Waals surface area contributed by atoms with Gasteiger partial charge in [-0.1, -0.05) is 53.9 Å². The maximum absolute atomic E-state index is 9.99. The average molecular weight is 258 g/mol. The first-order valence-corrected chi connectivity index (χ1v) is 7.63. The smallest absolute Gasteiger partial charge is 0.0544 e. The van der Waals surface area contributed by atoms with Crippen LogP contribution >= 0.6 is 0 Å². The van der Waals surface area contributed by atoms with E-state index < -0.39 is 0 Å².